The molecule has 1 heterocycles. The Bertz CT molecular complexity index is 400. The highest BCUT2D eigenvalue weighted by atomic mass is 16.5. The number of benzene rings is 1. The van der Waals surface area contributed by atoms with Crippen LogP contribution in [0.5, 0.6) is 5.75 Å². The summed E-state index contributed by atoms with van der Waals surface area (Å²) in [6.45, 7) is 7.15. The lowest BCUT2D eigenvalue weighted by atomic mass is 9.91. The van der Waals surface area contributed by atoms with Gasteiger partial charge in [0.15, 0.2) is 0 Å². The van der Waals surface area contributed by atoms with E-state index >= 15 is 0 Å². The first-order valence-corrected chi connectivity index (χ1v) is 7.20. The van der Waals surface area contributed by atoms with Crippen LogP contribution in [0.1, 0.15) is 36.9 Å². The number of hydrogen-bond acceptors (Lipinski definition) is 3. The molecule has 1 aromatic rings. The molecule has 0 radical (unpaired) electrons. The molecule has 2 atom stereocenters. The van der Waals surface area contributed by atoms with Crippen LogP contribution in [-0.4, -0.2) is 26.9 Å². The van der Waals surface area contributed by atoms with Crippen molar-refractivity contribution in [3.8, 4) is 5.75 Å². The van der Waals surface area contributed by atoms with Gasteiger partial charge in [-0.2, -0.15) is 0 Å². The fraction of sp³-hybridized carbons (Fsp3) is 0.625. The fourth-order valence-corrected chi connectivity index (χ4v) is 2.84. The molecule has 2 unspecified atom stereocenters. The van der Waals surface area contributed by atoms with Crippen LogP contribution in [-0.2, 0) is 4.74 Å². The zero-order chi connectivity index (χ0) is 13.7. The second kappa shape index (κ2) is 6.92. The minimum atomic E-state index is 0.419. The monoisotopic (exact) mass is 263 g/mol. The molecule has 1 N–H and O–H groups in total. The van der Waals surface area contributed by atoms with Crippen molar-refractivity contribution in [2.24, 2.45) is 5.92 Å². The van der Waals surface area contributed by atoms with Crippen LogP contribution in [0.15, 0.2) is 18.2 Å². The second-order valence-corrected chi connectivity index (χ2v) is 5.30. The Morgan fingerprint density at radius 1 is 1.47 bits per heavy atom. The van der Waals surface area contributed by atoms with E-state index in [0.717, 1.165) is 31.9 Å². The number of ether oxygens (including phenoxy) is 2. The van der Waals surface area contributed by atoms with Gasteiger partial charge in [0, 0.05) is 19.3 Å². The van der Waals surface area contributed by atoms with Crippen molar-refractivity contribution in [1.82, 2.24) is 5.32 Å². The lowest BCUT2D eigenvalue weighted by molar-refractivity contribution is 0.181. The molecule has 0 aromatic heterocycles. The van der Waals surface area contributed by atoms with Crippen molar-refractivity contribution < 1.29 is 9.47 Å². The van der Waals surface area contributed by atoms with Crippen molar-refractivity contribution in [2.45, 2.75) is 32.7 Å². The van der Waals surface area contributed by atoms with Gasteiger partial charge in [-0.05, 0) is 55.5 Å². The van der Waals surface area contributed by atoms with Gasteiger partial charge >= 0.3 is 0 Å². The zero-order valence-electron chi connectivity index (χ0n) is 12.2. The first kappa shape index (κ1) is 14.4. The van der Waals surface area contributed by atoms with E-state index in [4.69, 9.17) is 9.47 Å². The minimum Gasteiger partial charge on any atom is -0.497 e. The van der Waals surface area contributed by atoms with Crippen LogP contribution >= 0.6 is 0 Å². The van der Waals surface area contributed by atoms with Gasteiger partial charge in [-0.25, -0.2) is 0 Å². The fourth-order valence-electron chi connectivity index (χ4n) is 2.84. The van der Waals surface area contributed by atoms with Crippen molar-refractivity contribution in [3.05, 3.63) is 29.3 Å². The van der Waals surface area contributed by atoms with Crippen LogP contribution in [0, 0.1) is 12.8 Å². The molecule has 0 amide bonds. The molecule has 1 aromatic carbocycles. The molecule has 3 heteroatoms. The molecular formula is C16H25NO2. The molecule has 1 saturated heterocycles. The van der Waals surface area contributed by atoms with E-state index in [2.05, 4.69) is 37.4 Å². The molecule has 0 aliphatic carbocycles. The lowest BCUT2D eigenvalue weighted by Crippen LogP contribution is -2.24. The third-order valence-electron chi connectivity index (χ3n) is 3.90. The van der Waals surface area contributed by atoms with E-state index in [-0.39, 0.29) is 0 Å². The summed E-state index contributed by atoms with van der Waals surface area (Å²) in [6, 6.07) is 6.78. The first-order chi connectivity index (χ1) is 9.24. The van der Waals surface area contributed by atoms with E-state index in [1.165, 1.54) is 17.5 Å². The van der Waals surface area contributed by atoms with Gasteiger partial charge in [0.25, 0.3) is 0 Å². The summed E-state index contributed by atoms with van der Waals surface area (Å²) in [5, 5.41) is 3.61. The Kier molecular flexibility index (Phi) is 5.23. The summed E-state index contributed by atoms with van der Waals surface area (Å²) < 4.78 is 10.8. The van der Waals surface area contributed by atoms with Crippen molar-refractivity contribution in [3.63, 3.8) is 0 Å². The SMILES string of the molecule is CCNC(CC1CCOC1)c1ccc(OC)cc1C. The van der Waals surface area contributed by atoms with Gasteiger partial charge in [0.2, 0.25) is 0 Å². The highest BCUT2D eigenvalue weighted by Crippen LogP contribution is 2.29. The third-order valence-corrected chi connectivity index (χ3v) is 3.90. The molecule has 3 nitrogen and oxygen atoms in total. The Morgan fingerprint density at radius 2 is 2.32 bits per heavy atom. The van der Waals surface area contributed by atoms with Crippen molar-refractivity contribution in [2.75, 3.05) is 26.9 Å². The normalized spacial score (nSPS) is 20.5. The molecule has 1 aliphatic heterocycles. The van der Waals surface area contributed by atoms with Gasteiger partial charge in [0.05, 0.1) is 7.11 Å². The van der Waals surface area contributed by atoms with E-state index < -0.39 is 0 Å². The minimum absolute atomic E-state index is 0.419. The zero-order valence-corrected chi connectivity index (χ0v) is 12.2. The maximum Gasteiger partial charge on any atom is 0.119 e. The molecule has 2 rings (SSSR count). The Morgan fingerprint density at radius 3 is 2.89 bits per heavy atom. The number of nitrogens with one attached hydrogen (secondary N) is 1. The summed E-state index contributed by atoms with van der Waals surface area (Å²) in [4.78, 5) is 0. The van der Waals surface area contributed by atoms with Gasteiger partial charge in [-0.15, -0.1) is 0 Å². The van der Waals surface area contributed by atoms with Crippen molar-refractivity contribution in [1.29, 1.82) is 0 Å². The van der Waals surface area contributed by atoms with Gasteiger partial charge in [-0.1, -0.05) is 13.0 Å². The average Bonchev–Trinajstić information content (AvgIpc) is 2.91. The molecule has 0 saturated carbocycles. The van der Waals surface area contributed by atoms with Gasteiger partial charge in [0.1, 0.15) is 5.75 Å². The molecule has 1 fully saturated rings. The Balaban J connectivity index is 2.12. The van der Waals surface area contributed by atoms with Crippen LogP contribution in [0.3, 0.4) is 0 Å². The largest absolute Gasteiger partial charge is 0.497 e. The molecular weight excluding hydrogens is 238 g/mol. The predicted molar refractivity (Wildman–Crippen MR) is 77.7 cm³/mol. The summed E-state index contributed by atoms with van der Waals surface area (Å²) in [5.41, 5.74) is 2.68. The number of methoxy groups -OCH3 is 1. The second-order valence-electron chi connectivity index (χ2n) is 5.30. The molecule has 1 aliphatic rings. The summed E-state index contributed by atoms with van der Waals surface area (Å²) in [7, 11) is 1.71. The predicted octanol–water partition coefficient (Wildman–Crippen LogP) is 3.08. The lowest BCUT2D eigenvalue weighted by Gasteiger charge is -2.23. The highest BCUT2D eigenvalue weighted by molar-refractivity contribution is 5.36. The Hall–Kier alpha value is -1.06. The summed E-state index contributed by atoms with van der Waals surface area (Å²) >= 11 is 0. The topological polar surface area (TPSA) is 30.5 Å². The standard InChI is InChI=1S/C16H25NO2/c1-4-17-16(10-13-7-8-19-11-13)15-6-5-14(18-3)9-12(15)2/h5-6,9,13,16-17H,4,7-8,10-11H2,1-3H3. The van der Waals surface area contributed by atoms with E-state index in [0.29, 0.717) is 12.0 Å². The molecule has 106 valence electrons. The quantitative estimate of drug-likeness (QED) is 0.855. The highest BCUT2D eigenvalue weighted by Gasteiger charge is 2.22. The number of hydrogen-bond donors (Lipinski definition) is 1. The molecule has 19 heavy (non-hydrogen) atoms. The summed E-state index contributed by atoms with van der Waals surface area (Å²) in [6.07, 6.45) is 2.35. The van der Waals surface area contributed by atoms with E-state index in [1.807, 2.05) is 0 Å². The van der Waals surface area contributed by atoms with Crippen LogP contribution in [0.25, 0.3) is 0 Å². The Labute approximate surface area is 116 Å². The van der Waals surface area contributed by atoms with E-state index in [1.54, 1.807) is 7.11 Å². The molecule has 0 bridgehead atoms. The van der Waals surface area contributed by atoms with Gasteiger partial charge < -0.3 is 14.8 Å². The smallest absolute Gasteiger partial charge is 0.119 e. The first-order valence-electron chi connectivity index (χ1n) is 7.20. The maximum absolute atomic E-state index is 5.49. The summed E-state index contributed by atoms with van der Waals surface area (Å²) in [5.74, 6) is 1.62. The number of aryl methyl sites for hydroxylation is 1. The maximum atomic E-state index is 5.49. The average molecular weight is 263 g/mol. The van der Waals surface area contributed by atoms with Crippen LogP contribution in [0.4, 0.5) is 0 Å². The molecule has 0 spiro atoms. The van der Waals surface area contributed by atoms with Crippen LogP contribution in [0.2, 0.25) is 0 Å². The third kappa shape index (κ3) is 3.71. The van der Waals surface area contributed by atoms with Gasteiger partial charge in [-0.3, -0.25) is 0 Å². The van der Waals surface area contributed by atoms with E-state index in [9.17, 15) is 0 Å². The van der Waals surface area contributed by atoms with Crippen LogP contribution < -0.4 is 10.1 Å². The number of rotatable bonds is 6. The van der Waals surface area contributed by atoms with Crippen molar-refractivity contribution >= 4 is 0 Å².